The zero-order valence-corrected chi connectivity index (χ0v) is 31.7. The molecule has 0 radical (unpaired) electrons. The molecule has 0 atom stereocenters. The summed E-state index contributed by atoms with van der Waals surface area (Å²) in [5, 5.41) is 7.74. The largest absolute Gasteiger partial charge is 0.310 e. The van der Waals surface area contributed by atoms with Gasteiger partial charge in [0.1, 0.15) is 0 Å². The van der Waals surface area contributed by atoms with Gasteiger partial charge in [0.15, 0.2) is 0 Å². The van der Waals surface area contributed by atoms with Crippen LogP contribution >= 0.6 is 0 Å². The lowest BCUT2D eigenvalue weighted by Gasteiger charge is -2.26. The van der Waals surface area contributed by atoms with E-state index in [-0.39, 0.29) is 0 Å². The third-order valence-corrected chi connectivity index (χ3v) is 12.1. The van der Waals surface area contributed by atoms with Gasteiger partial charge in [-0.1, -0.05) is 158 Å². The molecule has 0 aliphatic heterocycles. The van der Waals surface area contributed by atoms with Gasteiger partial charge in [-0.25, -0.2) is 0 Å². The van der Waals surface area contributed by atoms with Gasteiger partial charge in [-0.05, 0) is 127 Å². The third kappa shape index (κ3) is 4.99. The Labute approximate surface area is 337 Å². The Hall–Kier alpha value is -7.68. The summed E-state index contributed by atoms with van der Waals surface area (Å²) in [6, 6.07) is 79.8. The Kier molecular flexibility index (Phi) is 7.26. The van der Waals surface area contributed by atoms with Crippen molar-refractivity contribution in [1.29, 1.82) is 0 Å². The second kappa shape index (κ2) is 12.9. The number of para-hydroxylation sites is 1. The topological polar surface area (TPSA) is 8.17 Å². The van der Waals surface area contributed by atoms with Crippen LogP contribution in [-0.4, -0.2) is 4.57 Å². The van der Waals surface area contributed by atoms with Gasteiger partial charge in [0.2, 0.25) is 0 Å². The van der Waals surface area contributed by atoms with Crippen molar-refractivity contribution in [1.82, 2.24) is 4.57 Å². The molecule has 0 spiro atoms. The van der Waals surface area contributed by atoms with Crippen molar-refractivity contribution in [3.8, 4) is 50.2 Å². The Morgan fingerprint density at radius 3 is 1.71 bits per heavy atom. The first-order valence-electron chi connectivity index (χ1n) is 20.0. The fraction of sp³-hybridized carbons (Fsp3) is 0. The maximum Gasteiger partial charge on any atom is 0.0547 e. The van der Waals surface area contributed by atoms with E-state index in [1.807, 2.05) is 0 Å². The molecule has 1 aromatic heterocycles. The number of rotatable bonds is 6. The van der Waals surface area contributed by atoms with Crippen LogP contribution in [0.4, 0.5) is 17.1 Å². The van der Waals surface area contributed by atoms with Crippen molar-refractivity contribution in [3.63, 3.8) is 0 Å². The molecule has 11 aromatic rings. The summed E-state index contributed by atoms with van der Waals surface area (Å²) < 4.78 is 2.41. The molecular weight excluding hydrogens is 701 g/mol. The highest BCUT2D eigenvalue weighted by Gasteiger charge is 2.23. The molecule has 0 unspecified atom stereocenters. The van der Waals surface area contributed by atoms with E-state index in [9.17, 15) is 0 Å². The van der Waals surface area contributed by atoms with Gasteiger partial charge in [0.05, 0.1) is 11.0 Å². The first-order valence-corrected chi connectivity index (χ1v) is 20.0. The Balaban J connectivity index is 0.982. The highest BCUT2D eigenvalue weighted by atomic mass is 15.1. The molecule has 1 aliphatic carbocycles. The van der Waals surface area contributed by atoms with Crippen molar-refractivity contribution in [2.24, 2.45) is 0 Å². The van der Waals surface area contributed by atoms with Crippen molar-refractivity contribution in [3.05, 3.63) is 218 Å². The lowest BCUT2D eigenvalue weighted by Crippen LogP contribution is -2.10. The maximum absolute atomic E-state index is 2.41. The van der Waals surface area contributed by atoms with Crippen LogP contribution in [0.2, 0.25) is 0 Å². The summed E-state index contributed by atoms with van der Waals surface area (Å²) in [4.78, 5) is 2.38. The van der Waals surface area contributed by atoms with Crippen molar-refractivity contribution in [2.75, 3.05) is 4.90 Å². The zero-order valence-electron chi connectivity index (χ0n) is 31.7. The summed E-state index contributed by atoms with van der Waals surface area (Å²) in [6.45, 7) is 0. The predicted molar refractivity (Wildman–Crippen MR) is 246 cm³/mol. The lowest BCUT2D eigenvalue weighted by atomic mass is 9.94. The average molecular weight is 737 g/mol. The van der Waals surface area contributed by atoms with Gasteiger partial charge in [0, 0.05) is 33.5 Å². The smallest absolute Gasteiger partial charge is 0.0547 e. The highest BCUT2D eigenvalue weighted by molar-refractivity contribution is 6.21. The predicted octanol–water partition coefficient (Wildman–Crippen LogP) is 15.5. The van der Waals surface area contributed by atoms with Crippen molar-refractivity contribution >= 4 is 60.4 Å². The molecule has 0 N–H and O–H groups in total. The number of nitrogens with zero attached hydrogens (tertiary/aromatic N) is 2. The second-order valence-corrected chi connectivity index (χ2v) is 15.3. The van der Waals surface area contributed by atoms with Gasteiger partial charge >= 0.3 is 0 Å². The minimum Gasteiger partial charge on any atom is -0.310 e. The summed E-state index contributed by atoms with van der Waals surface area (Å²) in [6.07, 6.45) is 0. The van der Waals surface area contributed by atoms with E-state index in [1.165, 1.54) is 87.9 Å². The number of anilines is 3. The second-order valence-electron chi connectivity index (χ2n) is 15.3. The number of hydrogen-bond acceptors (Lipinski definition) is 1. The highest BCUT2D eigenvalue weighted by Crippen LogP contribution is 2.49. The Bertz CT molecular complexity index is 3340. The van der Waals surface area contributed by atoms with Crippen molar-refractivity contribution < 1.29 is 0 Å². The molecule has 0 saturated heterocycles. The van der Waals surface area contributed by atoms with Gasteiger partial charge in [-0.3, -0.25) is 0 Å². The monoisotopic (exact) mass is 736 g/mol. The molecule has 1 aliphatic rings. The maximum atomic E-state index is 2.41. The molecule has 0 fully saturated rings. The van der Waals surface area contributed by atoms with E-state index >= 15 is 0 Å². The third-order valence-electron chi connectivity index (χ3n) is 12.1. The summed E-state index contributed by atoms with van der Waals surface area (Å²) >= 11 is 0. The van der Waals surface area contributed by atoms with Crippen LogP contribution in [0.25, 0.3) is 93.5 Å². The molecule has 0 bridgehead atoms. The molecule has 1 heterocycles. The van der Waals surface area contributed by atoms with E-state index in [4.69, 9.17) is 0 Å². The molecule has 10 aromatic carbocycles. The van der Waals surface area contributed by atoms with Gasteiger partial charge in [0.25, 0.3) is 0 Å². The van der Waals surface area contributed by atoms with Crippen LogP contribution in [0.5, 0.6) is 0 Å². The van der Waals surface area contributed by atoms with Crippen molar-refractivity contribution in [2.45, 2.75) is 0 Å². The van der Waals surface area contributed by atoms with Gasteiger partial charge in [-0.15, -0.1) is 0 Å². The van der Waals surface area contributed by atoms with Gasteiger partial charge in [-0.2, -0.15) is 0 Å². The first kappa shape index (κ1) is 32.6. The minimum atomic E-state index is 1.09. The van der Waals surface area contributed by atoms with E-state index < -0.39 is 0 Å². The molecule has 2 heteroatoms. The molecule has 0 amide bonds. The molecule has 58 heavy (non-hydrogen) atoms. The van der Waals surface area contributed by atoms with E-state index in [0.29, 0.717) is 0 Å². The standard InChI is InChI=1S/C56H36N2/c1-2-12-37(13-3-1)40-15-10-16-44(36-40)57(41-27-24-39(25-28-41)45-33-34-51-48-19-7-6-18-47(48)50-22-11-21-49(45)55(50)51)42-29-31-43(32-30-42)58-53-23-9-8-20-52(53)56-46-17-5-4-14-38(46)26-35-54(56)58/h1-36H. The molecule has 12 rings (SSSR count). The van der Waals surface area contributed by atoms with E-state index in [1.54, 1.807) is 0 Å². The average Bonchev–Trinajstić information content (AvgIpc) is 3.82. The zero-order chi connectivity index (χ0) is 38.2. The minimum absolute atomic E-state index is 1.09. The van der Waals surface area contributed by atoms with Crippen LogP contribution < -0.4 is 4.90 Å². The summed E-state index contributed by atoms with van der Waals surface area (Å²) in [5.74, 6) is 0. The fourth-order valence-corrected chi connectivity index (χ4v) is 9.52. The lowest BCUT2D eigenvalue weighted by molar-refractivity contribution is 1.17. The number of hydrogen-bond donors (Lipinski definition) is 0. The van der Waals surface area contributed by atoms with Crippen LogP contribution in [0.1, 0.15) is 0 Å². The number of fused-ring (bicyclic) bond motifs is 8. The number of aromatic nitrogens is 1. The summed E-state index contributed by atoms with van der Waals surface area (Å²) in [5.41, 5.74) is 17.0. The van der Waals surface area contributed by atoms with Crippen LogP contribution in [0, 0.1) is 0 Å². The summed E-state index contributed by atoms with van der Waals surface area (Å²) in [7, 11) is 0. The van der Waals surface area contributed by atoms with Crippen LogP contribution in [-0.2, 0) is 0 Å². The number of benzene rings is 10. The van der Waals surface area contributed by atoms with E-state index in [0.717, 1.165) is 22.7 Å². The first-order chi connectivity index (χ1) is 28.8. The van der Waals surface area contributed by atoms with Gasteiger partial charge < -0.3 is 9.47 Å². The van der Waals surface area contributed by atoms with Crippen LogP contribution in [0.15, 0.2) is 218 Å². The SMILES string of the molecule is c1ccc(-c2cccc(N(c3ccc(-c4ccc5c6c(cccc46)-c4ccccc4-5)cc3)c3ccc(-n4c5ccccc5c5c6ccccc6ccc54)cc3)c2)cc1. The quantitative estimate of drug-likeness (QED) is 0.165. The molecule has 2 nitrogen and oxygen atoms in total. The normalized spacial score (nSPS) is 11.8. The fourth-order valence-electron chi connectivity index (χ4n) is 9.52. The molecule has 270 valence electrons. The van der Waals surface area contributed by atoms with Crippen LogP contribution in [0.3, 0.4) is 0 Å². The molecular formula is C56H36N2. The Morgan fingerprint density at radius 1 is 0.293 bits per heavy atom. The van der Waals surface area contributed by atoms with E-state index in [2.05, 4.69) is 228 Å². The Morgan fingerprint density at radius 2 is 0.897 bits per heavy atom. The molecule has 0 saturated carbocycles.